The fourth-order valence-electron chi connectivity index (χ4n) is 1.94. The second-order valence-corrected chi connectivity index (χ2v) is 5.02. The number of carbonyl (C=O) groups excluding carboxylic acids is 1. The maximum Gasteiger partial charge on any atom is 0.320 e. The molecular formula is C14H19N5O3. The zero-order valence-corrected chi connectivity index (χ0v) is 12.7. The number of hydrogen-bond acceptors (Lipinski definition) is 5. The van der Waals surface area contributed by atoms with E-state index in [1.165, 1.54) is 17.0 Å². The van der Waals surface area contributed by atoms with Crippen molar-refractivity contribution in [1.82, 2.24) is 19.8 Å². The van der Waals surface area contributed by atoms with E-state index in [4.69, 9.17) is 4.42 Å². The molecule has 0 aromatic carbocycles. The molecule has 8 nitrogen and oxygen atoms in total. The van der Waals surface area contributed by atoms with Crippen LogP contribution in [0, 0.1) is 0 Å². The number of nitrogens with one attached hydrogen (secondary N) is 2. The van der Waals surface area contributed by atoms with Gasteiger partial charge in [0.2, 0.25) is 5.82 Å². The highest BCUT2D eigenvalue weighted by Crippen LogP contribution is 2.17. The van der Waals surface area contributed by atoms with Crippen molar-refractivity contribution in [2.24, 2.45) is 7.05 Å². The molecule has 0 radical (unpaired) electrons. The fraction of sp³-hybridized carbons (Fsp3) is 0.357. The van der Waals surface area contributed by atoms with E-state index in [2.05, 4.69) is 15.6 Å². The molecule has 0 saturated heterocycles. The van der Waals surface area contributed by atoms with Crippen LogP contribution in [0.2, 0.25) is 0 Å². The van der Waals surface area contributed by atoms with E-state index in [1.54, 1.807) is 19.4 Å². The standard InChI is InChI=1S/C14H19N5O3/c1-18(2)10(11-5-4-8-22-11)9-16-14(21)17-12-13(20)19(3)7-6-15-12/h4-8,10H,9H2,1-3H3,(H2,15,16,17,21)/t10-/m0/s1. The first kappa shape index (κ1) is 15.8. The molecule has 0 aliphatic rings. The normalized spacial score (nSPS) is 12.2. The Morgan fingerprint density at radius 3 is 2.91 bits per heavy atom. The number of hydrogen-bond donors (Lipinski definition) is 2. The summed E-state index contributed by atoms with van der Waals surface area (Å²) in [5.41, 5.74) is -0.368. The van der Waals surface area contributed by atoms with Crippen LogP contribution < -0.4 is 16.2 Å². The van der Waals surface area contributed by atoms with Crippen molar-refractivity contribution in [3.05, 3.63) is 46.9 Å². The number of rotatable bonds is 5. The average Bonchev–Trinajstić information content (AvgIpc) is 2.98. The van der Waals surface area contributed by atoms with E-state index >= 15 is 0 Å². The monoisotopic (exact) mass is 305 g/mol. The summed E-state index contributed by atoms with van der Waals surface area (Å²) in [6.45, 7) is 0.333. The van der Waals surface area contributed by atoms with E-state index in [0.29, 0.717) is 6.54 Å². The second kappa shape index (κ2) is 6.90. The molecule has 22 heavy (non-hydrogen) atoms. The van der Waals surface area contributed by atoms with Crippen molar-refractivity contribution in [1.29, 1.82) is 0 Å². The van der Waals surface area contributed by atoms with Crippen LogP contribution in [0.1, 0.15) is 11.8 Å². The van der Waals surface area contributed by atoms with Crippen molar-refractivity contribution in [2.75, 3.05) is 26.0 Å². The van der Waals surface area contributed by atoms with Gasteiger partial charge in [0, 0.05) is 26.0 Å². The zero-order chi connectivity index (χ0) is 16.1. The van der Waals surface area contributed by atoms with Crippen LogP contribution in [0.3, 0.4) is 0 Å². The lowest BCUT2D eigenvalue weighted by Crippen LogP contribution is -2.38. The molecule has 1 atom stereocenters. The number of aromatic nitrogens is 2. The van der Waals surface area contributed by atoms with Gasteiger partial charge in [0.1, 0.15) is 5.76 Å². The van der Waals surface area contributed by atoms with Crippen LogP contribution in [0.5, 0.6) is 0 Å². The van der Waals surface area contributed by atoms with E-state index < -0.39 is 6.03 Å². The van der Waals surface area contributed by atoms with Gasteiger partial charge < -0.3 is 14.3 Å². The maximum absolute atomic E-state index is 11.9. The molecule has 0 bridgehead atoms. The van der Waals surface area contributed by atoms with E-state index in [0.717, 1.165) is 5.76 Å². The minimum absolute atomic E-state index is 0.0121. The quantitative estimate of drug-likeness (QED) is 0.852. The molecule has 2 rings (SSSR count). The molecule has 0 aliphatic carbocycles. The third-order valence-electron chi connectivity index (χ3n) is 3.20. The summed E-state index contributed by atoms with van der Waals surface area (Å²) in [7, 11) is 5.37. The summed E-state index contributed by atoms with van der Waals surface area (Å²) in [6, 6.07) is 3.05. The number of urea groups is 1. The first-order valence-electron chi connectivity index (χ1n) is 6.75. The lowest BCUT2D eigenvalue weighted by molar-refractivity contribution is 0.233. The van der Waals surface area contributed by atoms with Gasteiger partial charge >= 0.3 is 6.03 Å². The number of anilines is 1. The summed E-state index contributed by atoms with van der Waals surface area (Å²) in [4.78, 5) is 29.5. The summed E-state index contributed by atoms with van der Waals surface area (Å²) in [5.74, 6) is 0.737. The van der Waals surface area contributed by atoms with Crippen molar-refractivity contribution in [3.63, 3.8) is 0 Å². The molecular weight excluding hydrogens is 286 g/mol. The summed E-state index contributed by atoms with van der Waals surface area (Å²) >= 11 is 0. The molecule has 2 aromatic heterocycles. The Labute approximate surface area is 127 Å². The lowest BCUT2D eigenvalue weighted by atomic mass is 10.2. The van der Waals surface area contributed by atoms with Gasteiger partial charge in [-0.15, -0.1) is 0 Å². The third kappa shape index (κ3) is 3.73. The van der Waals surface area contributed by atoms with Gasteiger partial charge in [-0.05, 0) is 26.2 Å². The molecule has 2 N–H and O–H groups in total. The molecule has 0 unspecified atom stereocenters. The van der Waals surface area contributed by atoms with Crippen LogP contribution >= 0.6 is 0 Å². The summed E-state index contributed by atoms with van der Waals surface area (Å²) < 4.78 is 6.70. The van der Waals surface area contributed by atoms with E-state index in [-0.39, 0.29) is 17.4 Å². The van der Waals surface area contributed by atoms with Gasteiger partial charge in [0.05, 0.1) is 12.3 Å². The highest BCUT2D eigenvalue weighted by Gasteiger charge is 2.18. The minimum atomic E-state index is -0.491. The topological polar surface area (TPSA) is 92.4 Å². The minimum Gasteiger partial charge on any atom is -0.468 e. The smallest absolute Gasteiger partial charge is 0.320 e. The van der Waals surface area contributed by atoms with Crippen LogP contribution in [0.4, 0.5) is 10.6 Å². The van der Waals surface area contributed by atoms with Gasteiger partial charge in [-0.25, -0.2) is 9.78 Å². The number of furan rings is 1. The number of aryl methyl sites for hydroxylation is 1. The molecule has 2 aromatic rings. The molecule has 0 aliphatic heterocycles. The molecule has 2 heterocycles. The number of nitrogens with zero attached hydrogens (tertiary/aromatic N) is 3. The Morgan fingerprint density at radius 2 is 2.27 bits per heavy atom. The third-order valence-corrected chi connectivity index (χ3v) is 3.20. The SMILES string of the molecule is CN(C)[C@@H](CNC(=O)Nc1nccn(C)c1=O)c1ccco1. The Balaban J connectivity index is 1.97. The first-order valence-corrected chi connectivity index (χ1v) is 6.75. The van der Waals surface area contributed by atoms with Crippen LogP contribution in [0.25, 0.3) is 0 Å². The molecule has 8 heteroatoms. The molecule has 0 spiro atoms. The highest BCUT2D eigenvalue weighted by atomic mass is 16.3. The number of amides is 2. The van der Waals surface area contributed by atoms with Gasteiger partial charge in [-0.1, -0.05) is 0 Å². The van der Waals surface area contributed by atoms with Crippen molar-refractivity contribution < 1.29 is 9.21 Å². The predicted molar refractivity (Wildman–Crippen MR) is 81.6 cm³/mol. The van der Waals surface area contributed by atoms with Gasteiger partial charge in [-0.3, -0.25) is 15.0 Å². The Morgan fingerprint density at radius 1 is 1.50 bits per heavy atom. The average molecular weight is 305 g/mol. The van der Waals surface area contributed by atoms with E-state index in [9.17, 15) is 9.59 Å². The van der Waals surface area contributed by atoms with Crippen molar-refractivity contribution >= 4 is 11.8 Å². The van der Waals surface area contributed by atoms with E-state index in [1.807, 2.05) is 25.1 Å². The van der Waals surface area contributed by atoms with Gasteiger partial charge in [-0.2, -0.15) is 0 Å². The first-order chi connectivity index (χ1) is 10.5. The Kier molecular flexibility index (Phi) is 4.95. The van der Waals surface area contributed by atoms with Crippen molar-refractivity contribution in [2.45, 2.75) is 6.04 Å². The van der Waals surface area contributed by atoms with Gasteiger partial charge in [0.25, 0.3) is 5.56 Å². The van der Waals surface area contributed by atoms with Crippen LogP contribution in [-0.4, -0.2) is 41.1 Å². The second-order valence-electron chi connectivity index (χ2n) is 5.02. The molecule has 118 valence electrons. The van der Waals surface area contributed by atoms with Crippen LogP contribution in [0.15, 0.2) is 40.0 Å². The van der Waals surface area contributed by atoms with Crippen molar-refractivity contribution in [3.8, 4) is 0 Å². The van der Waals surface area contributed by atoms with Gasteiger partial charge in [0.15, 0.2) is 0 Å². The Bertz CT molecular complexity index is 678. The lowest BCUT2D eigenvalue weighted by Gasteiger charge is -2.22. The largest absolute Gasteiger partial charge is 0.468 e. The summed E-state index contributed by atoms with van der Waals surface area (Å²) in [6.07, 6.45) is 4.55. The summed E-state index contributed by atoms with van der Waals surface area (Å²) in [5, 5.41) is 5.15. The fourth-order valence-corrected chi connectivity index (χ4v) is 1.94. The molecule has 0 fully saturated rings. The molecule has 0 saturated carbocycles. The predicted octanol–water partition coefficient (Wildman–Crippen LogP) is 0.798. The Hall–Kier alpha value is -2.61. The maximum atomic E-state index is 11.9. The number of likely N-dealkylation sites (N-methyl/N-ethyl adjacent to an activating group) is 1. The highest BCUT2D eigenvalue weighted by molar-refractivity contribution is 5.87. The van der Waals surface area contributed by atoms with Crippen LogP contribution in [-0.2, 0) is 7.05 Å². The molecule has 2 amide bonds. The number of carbonyl (C=O) groups is 1. The zero-order valence-electron chi connectivity index (χ0n) is 12.7.